The minimum Gasteiger partial charge on any atom is -0.259 e. The topological polar surface area (TPSA) is 24.7 Å². The van der Waals surface area contributed by atoms with Gasteiger partial charge in [0, 0.05) is 0 Å². The number of thioether (sulfide) groups is 1. The second kappa shape index (κ2) is 3.01. The highest BCUT2D eigenvalue weighted by atomic mass is 32.2. The van der Waals surface area contributed by atoms with Gasteiger partial charge < -0.3 is 0 Å². The Morgan fingerprint density at radius 3 is 2.67 bits per heavy atom. The molecular weight excluding hydrogens is 132 g/mol. The molecule has 50 valence electrons. The lowest BCUT2D eigenvalue weighted by molar-refractivity contribution is 0.628. The van der Waals surface area contributed by atoms with Gasteiger partial charge in [-0.3, -0.25) is 4.99 Å². The largest absolute Gasteiger partial charge is 0.259 e. The van der Waals surface area contributed by atoms with E-state index in [1.165, 1.54) is 0 Å². The van der Waals surface area contributed by atoms with Crippen LogP contribution in [-0.4, -0.2) is 17.3 Å². The lowest BCUT2D eigenvalue weighted by atomic mass is 10.2. The highest BCUT2D eigenvalue weighted by Gasteiger charge is 2.11. The van der Waals surface area contributed by atoms with Crippen LogP contribution >= 0.6 is 11.8 Å². The molecule has 0 saturated carbocycles. The van der Waals surface area contributed by atoms with E-state index in [4.69, 9.17) is 0 Å². The summed E-state index contributed by atoms with van der Waals surface area (Å²) in [5.74, 6) is 0.609. The Labute approximate surface area is 59.5 Å². The Morgan fingerprint density at radius 2 is 2.33 bits per heavy atom. The minimum atomic E-state index is 0.391. The van der Waals surface area contributed by atoms with Gasteiger partial charge in [-0.05, 0) is 5.92 Å². The maximum atomic E-state index is 4.17. The lowest BCUT2D eigenvalue weighted by Gasteiger charge is -2.13. The van der Waals surface area contributed by atoms with Crippen LogP contribution in [0.25, 0.3) is 0 Å². The second-order valence-corrected chi connectivity index (χ2v) is 3.26. The van der Waals surface area contributed by atoms with Gasteiger partial charge in [0.05, 0.1) is 5.55 Å². The standard InChI is InChI=1S/C6H10N2S/c1-5(2)6-8-3-7-4-9-6/h3-6H,1-2H3. The fourth-order valence-electron chi connectivity index (χ4n) is 0.593. The molecule has 1 unspecified atom stereocenters. The van der Waals surface area contributed by atoms with Gasteiger partial charge in [0.25, 0.3) is 0 Å². The predicted octanol–water partition coefficient (Wildman–Crippen LogP) is 1.77. The van der Waals surface area contributed by atoms with E-state index in [1.54, 1.807) is 18.1 Å². The van der Waals surface area contributed by atoms with E-state index in [1.807, 2.05) is 5.55 Å². The summed E-state index contributed by atoms with van der Waals surface area (Å²) >= 11 is 1.68. The normalized spacial score (nSPS) is 25.4. The predicted molar refractivity (Wildman–Crippen MR) is 43.2 cm³/mol. The van der Waals surface area contributed by atoms with Gasteiger partial charge in [-0.25, -0.2) is 4.99 Å². The molecule has 0 amide bonds. The average Bonchev–Trinajstić information content (AvgIpc) is 1.90. The molecule has 0 bridgehead atoms. The molecular formula is C6H10N2S. The zero-order valence-corrected chi connectivity index (χ0v) is 6.43. The van der Waals surface area contributed by atoms with Crippen molar-refractivity contribution in [3.63, 3.8) is 0 Å². The van der Waals surface area contributed by atoms with Crippen LogP contribution < -0.4 is 0 Å². The van der Waals surface area contributed by atoms with Crippen molar-refractivity contribution in [1.82, 2.24) is 0 Å². The molecule has 3 heteroatoms. The van der Waals surface area contributed by atoms with Crippen molar-refractivity contribution in [3.8, 4) is 0 Å². The van der Waals surface area contributed by atoms with Crippen LogP contribution in [0.15, 0.2) is 9.98 Å². The zero-order chi connectivity index (χ0) is 6.69. The molecule has 1 rings (SSSR count). The first-order valence-corrected chi connectivity index (χ1v) is 3.94. The lowest BCUT2D eigenvalue weighted by Crippen LogP contribution is -2.09. The first-order valence-electron chi connectivity index (χ1n) is 2.99. The monoisotopic (exact) mass is 142 g/mol. The third kappa shape index (κ3) is 1.82. The van der Waals surface area contributed by atoms with Gasteiger partial charge >= 0.3 is 0 Å². The number of hydrogen-bond acceptors (Lipinski definition) is 3. The Kier molecular flexibility index (Phi) is 2.28. The Balaban J connectivity index is 2.46. The maximum absolute atomic E-state index is 4.17. The second-order valence-electron chi connectivity index (χ2n) is 2.29. The maximum Gasteiger partial charge on any atom is 0.111 e. The summed E-state index contributed by atoms with van der Waals surface area (Å²) in [7, 11) is 0. The summed E-state index contributed by atoms with van der Waals surface area (Å²) in [5.41, 5.74) is 1.84. The van der Waals surface area contributed by atoms with Gasteiger partial charge in [0.2, 0.25) is 0 Å². The van der Waals surface area contributed by atoms with Crippen molar-refractivity contribution >= 4 is 23.6 Å². The van der Waals surface area contributed by atoms with Crippen molar-refractivity contribution < 1.29 is 0 Å². The molecule has 1 aliphatic rings. The van der Waals surface area contributed by atoms with Gasteiger partial charge in [0.1, 0.15) is 11.7 Å². The van der Waals surface area contributed by atoms with Crippen molar-refractivity contribution in [1.29, 1.82) is 0 Å². The van der Waals surface area contributed by atoms with Crippen LogP contribution in [0.3, 0.4) is 0 Å². The molecule has 0 fully saturated rings. The van der Waals surface area contributed by atoms with Crippen molar-refractivity contribution in [3.05, 3.63) is 0 Å². The summed E-state index contributed by atoms with van der Waals surface area (Å²) in [6.45, 7) is 4.32. The summed E-state index contributed by atoms with van der Waals surface area (Å²) in [6.07, 6.45) is 1.63. The molecule has 1 heterocycles. The van der Waals surface area contributed by atoms with Crippen LogP contribution in [0.1, 0.15) is 13.8 Å². The molecule has 0 radical (unpaired) electrons. The van der Waals surface area contributed by atoms with Gasteiger partial charge in [-0.1, -0.05) is 25.6 Å². The van der Waals surface area contributed by atoms with Crippen LogP contribution in [0.5, 0.6) is 0 Å². The van der Waals surface area contributed by atoms with Crippen LogP contribution in [-0.2, 0) is 0 Å². The van der Waals surface area contributed by atoms with Gasteiger partial charge in [-0.2, -0.15) is 0 Å². The van der Waals surface area contributed by atoms with Gasteiger partial charge in [-0.15, -0.1) is 0 Å². The SMILES string of the molecule is CC(C)C1N=CN=CS1. The molecule has 0 aliphatic carbocycles. The summed E-state index contributed by atoms with van der Waals surface area (Å²) in [4.78, 5) is 8.02. The highest BCUT2D eigenvalue weighted by molar-refractivity contribution is 8.12. The summed E-state index contributed by atoms with van der Waals surface area (Å²) in [5, 5.41) is 0.391. The molecule has 0 aromatic heterocycles. The number of rotatable bonds is 1. The third-order valence-electron chi connectivity index (χ3n) is 1.11. The number of nitrogens with zero attached hydrogens (tertiary/aromatic N) is 2. The first-order chi connectivity index (χ1) is 4.30. The van der Waals surface area contributed by atoms with E-state index < -0.39 is 0 Å². The fraction of sp³-hybridized carbons (Fsp3) is 0.667. The van der Waals surface area contributed by atoms with E-state index >= 15 is 0 Å². The van der Waals surface area contributed by atoms with Crippen LogP contribution in [0.2, 0.25) is 0 Å². The molecule has 0 N–H and O–H groups in total. The molecule has 2 nitrogen and oxygen atoms in total. The quantitative estimate of drug-likeness (QED) is 0.547. The average molecular weight is 142 g/mol. The molecule has 0 aromatic rings. The van der Waals surface area contributed by atoms with Crippen molar-refractivity contribution in [2.24, 2.45) is 15.9 Å². The first kappa shape index (κ1) is 6.81. The number of hydrogen-bond donors (Lipinski definition) is 0. The molecule has 0 spiro atoms. The minimum absolute atomic E-state index is 0.391. The Morgan fingerprint density at radius 1 is 1.56 bits per heavy atom. The smallest absolute Gasteiger partial charge is 0.111 e. The van der Waals surface area contributed by atoms with E-state index in [0.29, 0.717) is 11.3 Å². The molecule has 0 saturated heterocycles. The Bertz CT molecular complexity index is 140. The van der Waals surface area contributed by atoms with Crippen LogP contribution in [0, 0.1) is 5.92 Å². The van der Waals surface area contributed by atoms with E-state index in [0.717, 1.165) is 0 Å². The third-order valence-corrected chi connectivity index (χ3v) is 2.30. The summed E-state index contributed by atoms with van der Waals surface area (Å²) in [6, 6.07) is 0. The van der Waals surface area contributed by atoms with E-state index in [9.17, 15) is 0 Å². The Hall–Kier alpha value is -0.310. The van der Waals surface area contributed by atoms with Crippen molar-refractivity contribution in [2.45, 2.75) is 19.2 Å². The summed E-state index contributed by atoms with van der Waals surface area (Å²) < 4.78 is 0. The number of aliphatic imine (C=N–C) groups is 2. The van der Waals surface area contributed by atoms with Crippen molar-refractivity contribution in [2.75, 3.05) is 0 Å². The van der Waals surface area contributed by atoms with E-state index in [-0.39, 0.29) is 0 Å². The molecule has 1 aliphatic heterocycles. The fourth-order valence-corrected chi connectivity index (χ4v) is 1.28. The molecule has 0 aromatic carbocycles. The van der Waals surface area contributed by atoms with E-state index in [2.05, 4.69) is 23.8 Å². The molecule has 9 heavy (non-hydrogen) atoms. The highest BCUT2D eigenvalue weighted by Crippen LogP contribution is 2.19. The van der Waals surface area contributed by atoms with Gasteiger partial charge in [0.15, 0.2) is 0 Å². The van der Waals surface area contributed by atoms with Crippen LogP contribution in [0.4, 0.5) is 0 Å². The molecule has 1 atom stereocenters. The zero-order valence-electron chi connectivity index (χ0n) is 5.61.